The zero-order chi connectivity index (χ0) is 11.1. The van der Waals surface area contributed by atoms with E-state index in [4.69, 9.17) is 5.11 Å². The van der Waals surface area contributed by atoms with Crippen LogP contribution in [0.25, 0.3) is 6.08 Å². The topological polar surface area (TPSA) is 37.3 Å². The number of hydrogen-bond acceptors (Lipinski definition) is 2. The standard InChI is InChI=1S/C12H14O2S/c1-2-15-9-11-5-3-10(4-6-11)7-8-12(13)14/h3-8H,2,9H2,1H3,(H,13,14). The van der Waals surface area contributed by atoms with Crippen molar-refractivity contribution in [2.45, 2.75) is 12.7 Å². The molecule has 1 aromatic carbocycles. The minimum atomic E-state index is -0.916. The third-order valence-corrected chi connectivity index (χ3v) is 2.82. The van der Waals surface area contributed by atoms with Gasteiger partial charge >= 0.3 is 5.97 Å². The average molecular weight is 222 g/mol. The van der Waals surface area contributed by atoms with E-state index in [1.54, 1.807) is 6.08 Å². The van der Waals surface area contributed by atoms with E-state index in [2.05, 4.69) is 6.92 Å². The molecule has 0 aliphatic rings. The molecule has 0 saturated heterocycles. The molecule has 1 aromatic rings. The van der Waals surface area contributed by atoms with Crippen LogP contribution in [0.2, 0.25) is 0 Å². The summed E-state index contributed by atoms with van der Waals surface area (Å²) in [6, 6.07) is 7.93. The third kappa shape index (κ3) is 4.70. The summed E-state index contributed by atoms with van der Waals surface area (Å²) >= 11 is 1.87. The molecule has 2 nitrogen and oxygen atoms in total. The van der Waals surface area contributed by atoms with E-state index in [-0.39, 0.29) is 0 Å². The number of hydrogen-bond donors (Lipinski definition) is 1. The normalized spacial score (nSPS) is 10.7. The van der Waals surface area contributed by atoms with Crippen molar-refractivity contribution in [3.05, 3.63) is 41.5 Å². The van der Waals surface area contributed by atoms with Gasteiger partial charge in [-0.3, -0.25) is 0 Å². The summed E-state index contributed by atoms with van der Waals surface area (Å²) in [5.74, 6) is 1.21. The van der Waals surface area contributed by atoms with Crippen LogP contribution in [0, 0.1) is 0 Å². The molecule has 0 saturated carbocycles. The van der Waals surface area contributed by atoms with Gasteiger partial charge in [0.25, 0.3) is 0 Å². The summed E-state index contributed by atoms with van der Waals surface area (Å²) in [5, 5.41) is 8.46. The molecule has 0 unspecified atom stereocenters. The highest BCUT2D eigenvalue weighted by Gasteiger charge is 1.93. The van der Waals surface area contributed by atoms with E-state index in [0.717, 1.165) is 23.1 Å². The fourth-order valence-corrected chi connectivity index (χ4v) is 1.74. The van der Waals surface area contributed by atoms with Gasteiger partial charge in [0.05, 0.1) is 0 Å². The van der Waals surface area contributed by atoms with E-state index in [0.29, 0.717) is 0 Å². The van der Waals surface area contributed by atoms with Crippen molar-refractivity contribution in [3.8, 4) is 0 Å². The summed E-state index contributed by atoms with van der Waals surface area (Å²) in [6.07, 6.45) is 2.74. The van der Waals surface area contributed by atoms with Crippen molar-refractivity contribution in [1.82, 2.24) is 0 Å². The lowest BCUT2D eigenvalue weighted by molar-refractivity contribution is -0.131. The van der Waals surface area contributed by atoms with Crippen molar-refractivity contribution in [1.29, 1.82) is 0 Å². The van der Waals surface area contributed by atoms with E-state index < -0.39 is 5.97 Å². The van der Waals surface area contributed by atoms with E-state index in [1.165, 1.54) is 5.56 Å². The zero-order valence-corrected chi connectivity index (χ0v) is 9.46. The number of carboxylic acids is 1. The lowest BCUT2D eigenvalue weighted by Crippen LogP contribution is -1.86. The molecule has 80 valence electrons. The van der Waals surface area contributed by atoms with Gasteiger partial charge in [0.2, 0.25) is 0 Å². The fraction of sp³-hybridized carbons (Fsp3) is 0.250. The zero-order valence-electron chi connectivity index (χ0n) is 8.64. The van der Waals surface area contributed by atoms with Gasteiger partial charge in [0.15, 0.2) is 0 Å². The second-order valence-electron chi connectivity index (χ2n) is 3.05. The summed E-state index contributed by atoms with van der Waals surface area (Å²) in [4.78, 5) is 10.3. The SMILES string of the molecule is CCSCc1ccc(C=CC(=O)O)cc1. The minimum Gasteiger partial charge on any atom is -0.478 e. The highest BCUT2D eigenvalue weighted by atomic mass is 32.2. The molecule has 0 aliphatic carbocycles. The fourth-order valence-electron chi connectivity index (χ4n) is 1.11. The average Bonchev–Trinajstić information content (AvgIpc) is 2.25. The Labute approximate surface area is 94.0 Å². The predicted molar refractivity (Wildman–Crippen MR) is 64.9 cm³/mol. The number of thioether (sulfide) groups is 1. The van der Waals surface area contributed by atoms with E-state index >= 15 is 0 Å². The number of benzene rings is 1. The molecule has 0 radical (unpaired) electrons. The highest BCUT2D eigenvalue weighted by Crippen LogP contribution is 2.13. The van der Waals surface area contributed by atoms with E-state index in [9.17, 15) is 4.79 Å². The highest BCUT2D eigenvalue weighted by molar-refractivity contribution is 7.98. The Morgan fingerprint density at radius 2 is 2.07 bits per heavy atom. The van der Waals surface area contributed by atoms with Crippen molar-refractivity contribution in [2.75, 3.05) is 5.75 Å². The van der Waals surface area contributed by atoms with Gasteiger partial charge < -0.3 is 5.11 Å². The van der Waals surface area contributed by atoms with Crippen LogP contribution in [0.4, 0.5) is 0 Å². The molecule has 0 atom stereocenters. The van der Waals surface area contributed by atoms with Gasteiger partial charge in [0.1, 0.15) is 0 Å². The first-order chi connectivity index (χ1) is 7.22. The first-order valence-corrected chi connectivity index (χ1v) is 5.95. The maximum Gasteiger partial charge on any atom is 0.328 e. The van der Waals surface area contributed by atoms with Gasteiger partial charge in [-0.15, -0.1) is 0 Å². The van der Waals surface area contributed by atoms with Gasteiger partial charge in [-0.25, -0.2) is 4.79 Å². The Hall–Kier alpha value is -1.22. The van der Waals surface area contributed by atoms with Crippen molar-refractivity contribution in [2.24, 2.45) is 0 Å². The molecular weight excluding hydrogens is 208 g/mol. The van der Waals surface area contributed by atoms with Crippen molar-refractivity contribution < 1.29 is 9.90 Å². The van der Waals surface area contributed by atoms with Gasteiger partial charge in [-0.1, -0.05) is 31.2 Å². The summed E-state index contributed by atoms with van der Waals surface area (Å²) < 4.78 is 0. The predicted octanol–water partition coefficient (Wildman–Crippen LogP) is 3.04. The smallest absolute Gasteiger partial charge is 0.328 e. The number of carboxylic acid groups (broad SMARTS) is 1. The first-order valence-electron chi connectivity index (χ1n) is 4.80. The summed E-state index contributed by atoms with van der Waals surface area (Å²) in [7, 11) is 0. The maximum atomic E-state index is 10.3. The summed E-state index contributed by atoms with van der Waals surface area (Å²) in [6.45, 7) is 2.13. The molecule has 0 bridgehead atoms. The minimum absolute atomic E-state index is 0.916. The van der Waals surface area contributed by atoms with Gasteiger partial charge in [-0.05, 0) is 23.0 Å². The lowest BCUT2D eigenvalue weighted by Gasteiger charge is -1.99. The van der Waals surface area contributed by atoms with Crippen LogP contribution in [-0.2, 0) is 10.5 Å². The van der Waals surface area contributed by atoms with E-state index in [1.807, 2.05) is 36.0 Å². The molecule has 0 aliphatic heterocycles. The van der Waals surface area contributed by atoms with Crippen LogP contribution < -0.4 is 0 Å². The Morgan fingerprint density at radius 3 is 2.60 bits per heavy atom. The molecule has 1 rings (SSSR count). The van der Waals surface area contributed by atoms with Crippen LogP contribution in [0.1, 0.15) is 18.1 Å². The van der Waals surface area contributed by atoms with Crippen LogP contribution in [0.3, 0.4) is 0 Å². The molecule has 0 heterocycles. The molecule has 0 fully saturated rings. The van der Waals surface area contributed by atoms with Crippen molar-refractivity contribution >= 4 is 23.8 Å². The third-order valence-electron chi connectivity index (χ3n) is 1.87. The quantitative estimate of drug-likeness (QED) is 0.778. The summed E-state index contributed by atoms with van der Waals surface area (Å²) in [5.41, 5.74) is 2.19. The molecule has 0 aromatic heterocycles. The Kier molecular flexibility index (Phi) is 4.98. The van der Waals surface area contributed by atoms with Crippen LogP contribution in [0.15, 0.2) is 30.3 Å². The molecule has 3 heteroatoms. The Morgan fingerprint density at radius 1 is 1.40 bits per heavy atom. The van der Waals surface area contributed by atoms with Crippen LogP contribution >= 0.6 is 11.8 Å². The molecule has 1 N–H and O–H groups in total. The Bertz CT molecular complexity index is 341. The largest absolute Gasteiger partial charge is 0.478 e. The number of rotatable bonds is 5. The second-order valence-corrected chi connectivity index (χ2v) is 4.32. The second kappa shape index (κ2) is 6.30. The van der Waals surface area contributed by atoms with Crippen molar-refractivity contribution in [3.63, 3.8) is 0 Å². The van der Waals surface area contributed by atoms with Crippen LogP contribution in [0.5, 0.6) is 0 Å². The van der Waals surface area contributed by atoms with Gasteiger partial charge in [-0.2, -0.15) is 11.8 Å². The van der Waals surface area contributed by atoms with Gasteiger partial charge in [0, 0.05) is 11.8 Å². The molecule has 15 heavy (non-hydrogen) atoms. The van der Waals surface area contributed by atoms with Crippen LogP contribution in [-0.4, -0.2) is 16.8 Å². The number of carbonyl (C=O) groups is 1. The first kappa shape index (κ1) is 11.9. The molecular formula is C12H14O2S. The monoisotopic (exact) mass is 222 g/mol. The lowest BCUT2D eigenvalue weighted by atomic mass is 10.1. The number of aliphatic carboxylic acids is 1. The molecule has 0 spiro atoms. The Balaban J connectivity index is 2.60. The maximum absolute atomic E-state index is 10.3. The molecule has 0 amide bonds.